The Morgan fingerprint density at radius 1 is 1.12 bits per heavy atom. The van der Waals surface area contributed by atoms with E-state index in [0.29, 0.717) is 9.90 Å². The molecule has 90 valence electrons. The van der Waals surface area contributed by atoms with Gasteiger partial charge in [0.25, 0.3) is 10.0 Å². The highest BCUT2D eigenvalue weighted by atomic mass is 32.2. The van der Waals surface area contributed by atoms with Gasteiger partial charge in [-0.3, -0.25) is 4.72 Å². The van der Waals surface area contributed by atoms with E-state index in [1.54, 1.807) is 23.6 Å². The van der Waals surface area contributed by atoms with Crippen molar-refractivity contribution in [1.29, 1.82) is 0 Å². The Morgan fingerprint density at radius 2 is 1.88 bits per heavy atom. The van der Waals surface area contributed by atoms with Gasteiger partial charge in [-0.15, -0.1) is 11.3 Å². The minimum absolute atomic E-state index is 0.329. The summed E-state index contributed by atoms with van der Waals surface area (Å²) in [6, 6.07) is 8.82. The summed E-state index contributed by atoms with van der Waals surface area (Å²) in [5.74, 6) is 0. The third-order valence-corrected chi connectivity index (χ3v) is 5.30. The predicted molar refractivity (Wildman–Crippen MR) is 71.0 cm³/mol. The van der Waals surface area contributed by atoms with Crippen LogP contribution in [0.2, 0.25) is 0 Å². The molecule has 0 aliphatic carbocycles. The van der Waals surface area contributed by atoms with Gasteiger partial charge < -0.3 is 0 Å². The lowest BCUT2D eigenvalue weighted by atomic mass is 10.1. The van der Waals surface area contributed by atoms with E-state index in [1.165, 1.54) is 11.3 Å². The maximum absolute atomic E-state index is 12.0. The summed E-state index contributed by atoms with van der Waals surface area (Å²) in [6.45, 7) is 3.95. The summed E-state index contributed by atoms with van der Waals surface area (Å²) < 4.78 is 26.8. The number of anilines is 1. The molecule has 1 aromatic carbocycles. The van der Waals surface area contributed by atoms with E-state index in [1.807, 2.05) is 26.0 Å². The summed E-state index contributed by atoms with van der Waals surface area (Å²) >= 11 is 1.21. The molecule has 3 nitrogen and oxygen atoms in total. The minimum Gasteiger partial charge on any atom is -0.279 e. The zero-order valence-electron chi connectivity index (χ0n) is 9.60. The molecule has 2 rings (SSSR count). The van der Waals surface area contributed by atoms with Crippen LogP contribution in [0.1, 0.15) is 11.1 Å². The molecule has 0 atom stereocenters. The first-order valence-electron chi connectivity index (χ1n) is 5.12. The van der Waals surface area contributed by atoms with Gasteiger partial charge in [0.15, 0.2) is 0 Å². The second kappa shape index (κ2) is 4.50. The molecule has 17 heavy (non-hydrogen) atoms. The van der Waals surface area contributed by atoms with Crippen molar-refractivity contribution in [3.05, 3.63) is 46.8 Å². The molecule has 1 heterocycles. The highest BCUT2D eigenvalue weighted by Crippen LogP contribution is 2.21. The van der Waals surface area contributed by atoms with Crippen molar-refractivity contribution < 1.29 is 8.42 Å². The summed E-state index contributed by atoms with van der Waals surface area (Å²) in [7, 11) is -3.43. The lowest BCUT2D eigenvalue weighted by molar-refractivity contribution is 0.603. The van der Waals surface area contributed by atoms with Gasteiger partial charge in [-0.1, -0.05) is 12.1 Å². The van der Waals surface area contributed by atoms with Crippen molar-refractivity contribution in [3.63, 3.8) is 0 Å². The smallest absolute Gasteiger partial charge is 0.271 e. The van der Waals surface area contributed by atoms with Crippen molar-refractivity contribution in [2.45, 2.75) is 18.1 Å². The van der Waals surface area contributed by atoms with Crippen molar-refractivity contribution in [2.24, 2.45) is 0 Å². The predicted octanol–water partition coefficient (Wildman–Crippen LogP) is 3.17. The van der Waals surface area contributed by atoms with E-state index in [-0.39, 0.29) is 0 Å². The van der Waals surface area contributed by atoms with Gasteiger partial charge in [0, 0.05) is 5.69 Å². The Morgan fingerprint density at radius 3 is 2.47 bits per heavy atom. The number of hydrogen-bond donors (Lipinski definition) is 1. The molecule has 0 bridgehead atoms. The van der Waals surface area contributed by atoms with Crippen molar-refractivity contribution in [1.82, 2.24) is 0 Å². The average Bonchev–Trinajstić information content (AvgIpc) is 2.77. The molecule has 0 fully saturated rings. The number of rotatable bonds is 3. The molecule has 2 aromatic rings. The fraction of sp³-hybridized carbons (Fsp3) is 0.167. The second-order valence-corrected chi connectivity index (χ2v) is 6.69. The van der Waals surface area contributed by atoms with E-state index < -0.39 is 10.0 Å². The van der Waals surface area contributed by atoms with Crippen molar-refractivity contribution >= 4 is 27.0 Å². The number of hydrogen-bond acceptors (Lipinski definition) is 3. The molecule has 5 heteroatoms. The van der Waals surface area contributed by atoms with Crippen molar-refractivity contribution in [2.75, 3.05) is 4.72 Å². The molecule has 0 radical (unpaired) electrons. The highest BCUT2D eigenvalue weighted by Gasteiger charge is 2.14. The number of nitrogens with one attached hydrogen (secondary N) is 1. The largest absolute Gasteiger partial charge is 0.279 e. The van der Waals surface area contributed by atoms with Crippen LogP contribution in [-0.2, 0) is 10.0 Å². The first-order valence-corrected chi connectivity index (χ1v) is 7.49. The lowest BCUT2D eigenvalue weighted by Crippen LogP contribution is -2.11. The second-order valence-electron chi connectivity index (χ2n) is 3.84. The fourth-order valence-corrected chi connectivity index (χ4v) is 3.47. The van der Waals surface area contributed by atoms with Crippen molar-refractivity contribution in [3.8, 4) is 0 Å². The highest BCUT2D eigenvalue weighted by molar-refractivity contribution is 7.94. The fourth-order valence-electron chi connectivity index (χ4n) is 1.43. The monoisotopic (exact) mass is 267 g/mol. The standard InChI is InChI=1S/C12H13NO2S2/c1-9-5-6-11(8-10(9)2)13-17(14,15)12-4-3-7-16-12/h3-8,13H,1-2H3. The van der Waals surface area contributed by atoms with E-state index in [9.17, 15) is 8.42 Å². The summed E-state index contributed by atoms with van der Waals surface area (Å²) in [5.41, 5.74) is 2.81. The zero-order chi connectivity index (χ0) is 12.5. The zero-order valence-corrected chi connectivity index (χ0v) is 11.2. The summed E-state index contributed by atoms with van der Waals surface area (Å²) in [6.07, 6.45) is 0. The normalized spacial score (nSPS) is 11.4. The van der Waals surface area contributed by atoms with Crippen LogP contribution in [0.5, 0.6) is 0 Å². The Labute approximate surface area is 105 Å². The van der Waals surface area contributed by atoms with Gasteiger partial charge in [0.2, 0.25) is 0 Å². The van der Waals surface area contributed by atoms with Crippen LogP contribution < -0.4 is 4.72 Å². The third kappa shape index (κ3) is 2.68. The molecule has 0 amide bonds. The van der Waals surface area contributed by atoms with Crippen LogP contribution in [0.15, 0.2) is 39.9 Å². The third-order valence-electron chi connectivity index (χ3n) is 2.52. The van der Waals surface area contributed by atoms with Crippen LogP contribution in [0.25, 0.3) is 0 Å². The van der Waals surface area contributed by atoms with E-state index in [2.05, 4.69) is 4.72 Å². The first-order chi connectivity index (χ1) is 7.99. The molecule has 0 unspecified atom stereocenters. The van der Waals surface area contributed by atoms with Crippen LogP contribution in [0.4, 0.5) is 5.69 Å². The molecule has 0 aliphatic rings. The van der Waals surface area contributed by atoms with Crippen LogP contribution >= 0.6 is 11.3 Å². The number of sulfonamides is 1. The number of benzene rings is 1. The lowest BCUT2D eigenvalue weighted by Gasteiger charge is -2.08. The molecular weight excluding hydrogens is 254 g/mol. The molecule has 0 spiro atoms. The number of thiophene rings is 1. The Balaban J connectivity index is 2.30. The Hall–Kier alpha value is -1.33. The summed E-state index contributed by atoms with van der Waals surface area (Å²) in [4.78, 5) is 0. The van der Waals surface area contributed by atoms with Gasteiger partial charge in [-0.05, 0) is 48.6 Å². The number of aryl methyl sites for hydroxylation is 2. The SMILES string of the molecule is Cc1ccc(NS(=O)(=O)c2cccs2)cc1C. The van der Waals surface area contributed by atoms with Gasteiger partial charge in [0.1, 0.15) is 4.21 Å². The van der Waals surface area contributed by atoms with Gasteiger partial charge in [0.05, 0.1) is 0 Å². The maximum atomic E-state index is 12.0. The molecule has 1 aromatic heterocycles. The van der Waals surface area contributed by atoms with Gasteiger partial charge >= 0.3 is 0 Å². The van der Waals surface area contributed by atoms with E-state index >= 15 is 0 Å². The van der Waals surface area contributed by atoms with E-state index in [0.717, 1.165) is 11.1 Å². The Kier molecular flexibility index (Phi) is 3.22. The van der Waals surface area contributed by atoms with E-state index in [4.69, 9.17) is 0 Å². The molecule has 0 aliphatic heterocycles. The molecule has 1 N–H and O–H groups in total. The van der Waals surface area contributed by atoms with Crippen LogP contribution in [-0.4, -0.2) is 8.42 Å². The van der Waals surface area contributed by atoms with Gasteiger partial charge in [-0.2, -0.15) is 0 Å². The topological polar surface area (TPSA) is 46.2 Å². The quantitative estimate of drug-likeness (QED) is 0.928. The maximum Gasteiger partial charge on any atom is 0.271 e. The Bertz CT molecular complexity index is 616. The van der Waals surface area contributed by atoms with Crippen LogP contribution in [0, 0.1) is 13.8 Å². The average molecular weight is 267 g/mol. The first kappa shape index (κ1) is 12.1. The molecule has 0 saturated heterocycles. The van der Waals surface area contributed by atoms with Crippen LogP contribution in [0.3, 0.4) is 0 Å². The van der Waals surface area contributed by atoms with Gasteiger partial charge in [-0.25, -0.2) is 8.42 Å². The molecular formula is C12H13NO2S2. The summed E-state index contributed by atoms with van der Waals surface area (Å²) in [5, 5.41) is 1.74. The molecule has 0 saturated carbocycles. The minimum atomic E-state index is -3.43.